The number of halogens is 1. The molecular formula is C18H14ClN5O2. The molecule has 1 amide bonds. The SMILES string of the molecule is O=C(Nc1nn(Cc2ccccc2)cc1Cl)c1cc(-c2ccco2)[nH]n1. The second-order valence-corrected chi connectivity index (χ2v) is 6.01. The highest BCUT2D eigenvalue weighted by Crippen LogP contribution is 2.22. The molecule has 8 heteroatoms. The fraction of sp³-hybridized carbons (Fsp3) is 0.0556. The molecule has 4 aromatic rings. The van der Waals surface area contributed by atoms with Crippen molar-refractivity contribution in [2.75, 3.05) is 5.32 Å². The highest BCUT2D eigenvalue weighted by atomic mass is 35.5. The number of H-pyrrole nitrogens is 1. The zero-order valence-electron chi connectivity index (χ0n) is 13.5. The monoisotopic (exact) mass is 367 g/mol. The minimum Gasteiger partial charge on any atom is -0.463 e. The molecular weight excluding hydrogens is 354 g/mol. The number of aromatic amines is 1. The summed E-state index contributed by atoms with van der Waals surface area (Å²) in [5.41, 5.74) is 1.91. The second-order valence-electron chi connectivity index (χ2n) is 5.61. The molecule has 7 nitrogen and oxygen atoms in total. The van der Waals surface area contributed by atoms with Gasteiger partial charge in [0, 0.05) is 12.3 Å². The molecule has 26 heavy (non-hydrogen) atoms. The van der Waals surface area contributed by atoms with E-state index in [-0.39, 0.29) is 11.5 Å². The predicted octanol–water partition coefficient (Wildman–Crippen LogP) is 3.82. The molecule has 0 unspecified atom stereocenters. The van der Waals surface area contributed by atoms with E-state index in [0.29, 0.717) is 23.0 Å². The van der Waals surface area contributed by atoms with E-state index in [9.17, 15) is 4.79 Å². The van der Waals surface area contributed by atoms with E-state index in [4.69, 9.17) is 16.0 Å². The Labute approximate surface area is 153 Å². The molecule has 0 aliphatic rings. The highest BCUT2D eigenvalue weighted by Gasteiger charge is 2.16. The summed E-state index contributed by atoms with van der Waals surface area (Å²) in [6, 6.07) is 15.0. The van der Waals surface area contributed by atoms with E-state index in [1.807, 2.05) is 30.3 Å². The Morgan fingerprint density at radius 1 is 1.23 bits per heavy atom. The van der Waals surface area contributed by atoms with E-state index in [2.05, 4.69) is 20.6 Å². The third-order valence-corrected chi connectivity index (χ3v) is 4.01. The lowest BCUT2D eigenvalue weighted by Crippen LogP contribution is -2.13. The Morgan fingerprint density at radius 3 is 2.85 bits per heavy atom. The molecule has 0 saturated heterocycles. The molecule has 0 aliphatic heterocycles. The summed E-state index contributed by atoms with van der Waals surface area (Å²) in [6.45, 7) is 0.557. The Bertz CT molecular complexity index is 1020. The van der Waals surface area contributed by atoms with Crippen LogP contribution in [-0.4, -0.2) is 25.9 Å². The van der Waals surface area contributed by atoms with Crippen LogP contribution in [0.3, 0.4) is 0 Å². The Balaban J connectivity index is 1.48. The third-order valence-electron chi connectivity index (χ3n) is 3.73. The Hall–Kier alpha value is -3.32. The molecule has 3 heterocycles. The van der Waals surface area contributed by atoms with Crippen LogP contribution in [0.4, 0.5) is 5.82 Å². The maximum atomic E-state index is 12.4. The van der Waals surface area contributed by atoms with Gasteiger partial charge in [-0.25, -0.2) is 0 Å². The largest absolute Gasteiger partial charge is 0.463 e. The summed E-state index contributed by atoms with van der Waals surface area (Å²) in [4.78, 5) is 12.4. The molecule has 130 valence electrons. The molecule has 0 atom stereocenters. The first-order valence-corrected chi connectivity index (χ1v) is 8.24. The number of hydrogen-bond acceptors (Lipinski definition) is 4. The van der Waals surface area contributed by atoms with Crippen molar-refractivity contribution in [3.63, 3.8) is 0 Å². The number of carbonyl (C=O) groups excluding carboxylic acids is 1. The van der Waals surface area contributed by atoms with Gasteiger partial charge in [0.25, 0.3) is 5.91 Å². The zero-order chi connectivity index (χ0) is 17.9. The number of aromatic nitrogens is 4. The van der Waals surface area contributed by atoms with Gasteiger partial charge in [-0.05, 0) is 17.7 Å². The highest BCUT2D eigenvalue weighted by molar-refractivity contribution is 6.33. The van der Waals surface area contributed by atoms with Crippen molar-refractivity contribution < 1.29 is 9.21 Å². The van der Waals surface area contributed by atoms with Gasteiger partial charge in [-0.1, -0.05) is 41.9 Å². The summed E-state index contributed by atoms with van der Waals surface area (Å²) < 4.78 is 6.94. The van der Waals surface area contributed by atoms with E-state index in [1.165, 1.54) is 0 Å². The van der Waals surface area contributed by atoms with Crippen LogP contribution >= 0.6 is 11.6 Å². The summed E-state index contributed by atoms with van der Waals surface area (Å²) in [5, 5.41) is 14.1. The van der Waals surface area contributed by atoms with Crippen molar-refractivity contribution in [2.24, 2.45) is 0 Å². The van der Waals surface area contributed by atoms with Crippen LogP contribution in [0.1, 0.15) is 16.1 Å². The lowest BCUT2D eigenvalue weighted by molar-refractivity contribution is 0.102. The average molecular weight is 368 g/mol. The van der Waals surface area contributed by atoms with Gasteiger partial charge < -0.3 is 9.73 Å². The van der Waals surface area contributed by atoms with E-state index < -0.39 is 5.91 Å². The van der Waals surface area contributed by atoms with Gasteiger partial charge in [-0.15, -0.1) is 0 Å². The smallest absolute Gasteiger partial charge is 0.277 e. The normalized spacial score (nSPS) is 10.8. The maximum Gasteiger partial charge on any atom is 0.277 e. The van der Waals surface area contributed by atoms with Crippen LogP contribution < -0.4 is 5.32 Å². The average Bonchev–Trinajstić information content (AvgIpc) is 3.37. The molecule has 0 saturated carbocycles. The number of amides is 1. The molecule has 0 fully saturated rings. The lowest BCUT2D eigenvalue weighted by atomic mass is 10.2. The van der Waals surface area contributed by atoms with Crippen molar-refractivity contribution >= 4 is 23.3 Å². The minimum absolute atomic E-state index is 0.213. The van der Waals surface area contributed by atoms with Gasteiger partial charge in [0.15, 0.2) is 17.3 Å². The first-order chi connectivity index (χ1) is 12.7. The number of anilines is 1. The first kappa shape index (κ1) is 16.2. The maximum absolute atomic E-state index is 12.4. The van der Waals surface area contributed by atoms with Crippen LogP contribution in [-0.2, 0) is 6.54 Å². The fourth-order valence-corrected chi connectivity index (χ4v) is 2.70. The van der Waals surface area contributed by atoms with Gasteiger partial charge in [0.1, 0.15) is 10.7 Å². The van der Waals surface area contributed by atoms with E-state index >= 15 is 0 Å². The molecule has 0 aliphatic carbocycles. The Kier molecular flexibility index (Phi) is 4.28. The summed E-state index contributed by atoms with van der Waals surface area (Å²) in [5.74, 6) is 0.475. The molecule has 0 bridgehead atoms. The molecule has 2 N–H and O–H groups in total. The van der Waals surface area contributed by atoms with Gasteiger partial charge in [-0.2, -0.15) is 10.2 Å². The number of benzene rings is 1. The zero-order valence-corrected chi connectivity index (χ0v) is 14.3. The first-order valence-electron chi connectivity index (χ1n) is 7.86. The second kappa shape index (κ2) is 6.89. The lowest BCUT2D eigenvalue weighted by Gasteiger charge is -2.01. The van der Waals surface area contributed by atoms with Gasteiger partial charge in [-0.3, -0.25) is 14.6 Å². The van der Waals surface area contributed by atoms with Crippen LogP contribution in [0.5, 0.6) is 0 Å². The van der Waals surface area contributed by atoms with Crippen molar-refractivity contribution in [3.8, 4) is 11.5 Å². The van der Waals surface area contributed by atoms with Crippen LogP contribution in [0, 0.1) is 0 Å². The van der Waals surface area contributed by atoms with Gasteiger partial charge in [0.05, 0.1) is 12.8 Å². The third kappa shape index (κ3) is 3.38. The van der Waals surface area contributed by atoms with Crippen LogP contribution in [0.15, 0.2) is 65.4 Å². The van der Waals surface area contributed by atoms with E-state index in [0.717, 1.165) is 5.56 Å². The van der Waals surface area contributed by atoms with Crippen molar-refractivity contribution in [1.29, 1.82) is 0 Å². The summed E-state index contributed by atoms with van der Waals surface area (Å²) in [6.07, 6.45) is 3.22. The Morgan fingerprint density at radius 2 is 2.08 bits per heavy atom. The molecule has 4 rings (SSSR count). The molecule has 1 aromatic carbocycles. The number of nitrogens with zero attached hydrogens (tertiary/aromatic N) is 3. The number of furan rings is 1. The van der Waals surface area contributed by atoms with Crippen LogP contribution in [0.2, 0.25) is 5.02 Å². The summed E-state index contributed by atoms with van der Waals surface area (Å²) in [7, 11) is 0. The van der Waals surface area contributed by atoms with E-state index in [1.54, 1.807) is 35.3 Å². The van der Waals surface area contributed by atoms with Crippen molar-refractivity contribution in [2.45, 2.75) is 6.54 Å². The van der Waals surface area contributed by atoms with Gasteiger partial charge in [0.2, 0.25) is 0 Å². The summed E-state index contributed by atoms with van der Waals surface area (Å²) >= 11 is 6.19. The topological polar surface area (TPSA) is 88.7 Å². The van der Waals surface area contributed by atoms with Crippen molar-refractivity contribution in [3.05, 3.63) is 77.3 Å². The van der Waals surface area contributed by atoms with Gasteiger partial charge >= 0.3 is 0 Å². The molecule has 3 aromatic heterocycles. The standard InChI is InChI=1S/C18H14ClN5O2/c19-13-11-24(10-12-5-2-1-3-6-12)23-17(13)20-18(25)15-9-14(21-22-15)16-7-4-8-26-16/h1-9,11H,10H2,(H,21,22)(H,20,23,25). The number of nitrogens with one attached hydrogen (secondary N) is 2. The molecule has 0 spiro atoms. The number of hydrogen-bond donors (Lipinski definition) is 2. The quantitative estimate of drug-likeness (QED) is 0.561. The van der Waals surface area contributed by atoms with Crippen molar-refractivity contribution in [1.82, 2.24) is 20.0 Å². The number of rotatable bonds is 5. The predicted molar refractivity (Wildman–Crippen MR) is 97.0 cm³/mol. The minimum atomic E-state index is -0.411. The fourth-order valence-electron chi connectivity index (χ4n) is 2.50. The van der Waals surface area contributed by atoms with Crippen LogP contribution in [0.25, 0.3) is 11.5 Å². The number of carbonyl (C=O) groups is 1. The molecule has 0 radical (unpaired) electrons.